The average molecular weight is 225 g/mol. The summed E-state index contributed by atoms with van der Waals surface area (Å²) in [5.74, 6) is 0. The van der Waals surface area contributed by atoms with Gasteiger partial charge in [-0.1, -0.05) is 18.2 Å². The summed E-state index contributed by atoms with van der Waals surface area (Å²) in [4.78, 5) is 21.5. The van der Waals surface area contributed by atoms with Crippen LogP contribution >= 0.6 is 0 Å². The fourth-order valence-electron chi connectivity index (χ4n) is 1.97. The average Bonchev–Trinajstić information content (AvgIpc) is 2.76. The van der Waals surface area contributed by atoms with Crippen molar-refractivity contribution in [3.63, 3.8) is 0 Å². The number of nitrogens with zero attached hydrogens (tertiary/aromatic N) is 1. The molecule has 2 N–H and O–H groups in total. The molecule has 0 aliphatic carbocycles. The van der Waals surface area contributed by atoms with Gasteiger partial charge in [-0.25, -0.2) is 0 Å². The van der Waals surface area contributed by atoms with Gasteiger partial charge in [0.15, 0.2) is 0 Å². The fourth-order valence-corrected chi connectivity index (χ4v) is 1.97. The Balaban J connectivity index is 2.06. The minimum absolute atomic E-state index is 0.127. The Morgan fingerprint density at radius 1 is 1.18 bits per heavy atom. The summed E-state index contributed by atoms with van der Waals surface area (Å²) in [6, 6.07) is 8.03. The Morgan fingerprint density at radius 3 is 2.94 bits per heavy atom. The number of rotatable bonds is 2. The van der Waals surface area contributed by atoms with Crippen molar-refractivity contribution >= 4 is 10.9 Å². The van der Waals surface area contributed by atoms with E-state index >= 15 is 0 Å². The van der Waals surface area contributed by atoms with Crippen LogP contribution in [0, 0.1) is 0 Å². The van der Waals surface area contributed by atoms with Crippen LogP contribution in [0.25, 0.3) is 10.9 Å². The van der Waals surface area contributed by atoms with Crippen LogP contribution in [-0.2, 0) is 6.42 Å². The molecule has 3 rings (SSSR count). The van der Waals surface area contributed by atoms with Crippen LogP contribution in [0.5, 0.6) is 0 Å². The summed E-state index contributed by atoms with van der Waals surface area (Å²) in [7, 11) is 0. The first-order valence-electron chi connectivity index (χ1n) is 5.42. The van der Waals surface area contributed by atoms with E-state index in [0.717, 1.165) is 16.5 Å². The van der Waals surface area contributed by atoms with Gasteiger partial charge in [-0.2, -0.15) is 0 Å². The van der Waals surface area contributed by atoms with Crippen molar-refractivity contribution in [2.75, 3.05) is 0 Å². The highest BCUT2D eigenvalue weighted by Gasteiger charge is 2.06. The first-order valence-corrected chi connectivity index (χ1v) is 5.42. The molecule has 0 radical (unpaired) electrons. The minimum Gasteiger partial charge on any atom is -0.361 e. The Hall–Kier alpha value is -2.36. The van der Waals surface area contributed by atoms with Crippen molar-refractivity contribution in [3.8, 4) is 0 Å². The molecule has 4 nitrogen and oxygen atoms in total. The number of hydrogen-bond acceptors (Lipinski definition) is 2. The first-order chi connectivity index (χ1) is 8.34. The molecule has 2 heterocycles. The molecular weight excluding hydrogens is 214 g/mol. The Morgan fingerprint density at radius 2 is 2.06 bits per heavy atom. The molecule has 4 heteroatoms. The van der Waals surface area contributed by atoms with Gasteiger partial charge < -0.3 is 9.97 Å². The molecule has 0 aliphatic rings. The number of fused-ring (bicyclic) bond motifs is 1. The van der Waals surface area contributed by atoms with Gasteiger partial charge in [-0.3, -0.25) is 9.78 Å². The van der Waals surface area contributed by atoms with Gasteiger partial charge in [0.25, 0.3) is 5.56 Å². The monoisotopic (exact) mass is 225 g/mol. The molecule has 0 amide bonds. The van der Waals surface area contributed by atoms with Crippen molar-refractivity contribution in [3.05, 3.63) is 64.5 Å². The molecule has 0 saturated carbocycles. The van der Waals surface area contributed by atoms with Crippen molar-refractivity contribution in [1.29, 1.82) is 0 Å². The lowest BCUT2D eigenvalue weighted by Crippen LogP contribution is -2.13. The number of nitrogens with one attached hydrogen (secondary N) is 2. The highest BCUT2D eigenvalue weighted by Crippen LogP contribution is 2.18. The predicted octanol–water partition coefficient (Wildman–Crippen LogP) is 1.84. The van der Waals surface area contributed by atoms with E-state index in [1.807, 2.05) is 30.5 Å². The smallest absolute Gasteiger partial charge is 0.269 e. The van der Waals surface area contributed by atoms with Gasteiger partial charge in [0, 0.05) is 35.9 Å². The van der Waals surface area contributed by atoms with E-state index in [1.165, 1.54) is 0 Å². The van der Waals surface area contributed by atoms with E-state index in [4.69, 9.17) is 0 Å². The molecule has 17 heavy (non-hydrogen) atoms. The minimum atomic E-state index is -0.127. The van der Waals surface area contributed by atoms with Crippen LogP contribution < -0.4 is 5.56 Å². The number of para-hydroxylation sites is 1. The zero-order valence-corrected chi connectivity index (χ0v) is 9.10. The molecule has 0 aliphatic heterocycles. The summed E-state index contributed by atoms with van der Waals surface area (Å²) in [6.07, 6.45) is 5.62. The maximum atomic E-state index is 11.6. The van der Waals surface area contributed by atoms with E-state index in [1.54, 1.807) is 12.4 Å². The van der Waals surface area contributed by atoms with Crippen LogP contribution in [0.1, 0.15) is 11.3 Å². The second-order valence-electron chi connectivity index (χ2n) is 3.90. The van der Waals surface area contributed by atoms with E-state index in [9.17, 15) is 4.79 Å². The summed E-state index contributed by atoms with van der Waals surface area (Å²) in [6.45, 7) is 0. The normalized spacial score (nSPS) is 10.8. The number of H-pyrrole nitrogens is 2. The van der Waals surface area contributed by atoms with Gasteiger partial charge in [-0.15, -0.1) is 0 Å². The first kappa shape index (κ1) is 9.84. The summed E-state index contributed by atoms with van der Waals surface area (Å²) >= 11 is 0. The lowest BCUT2D eigenvalue weighted by atomic mass is 10.1. The molecule has 84 valence electrons. The number of hydrogen-bond donors (Lipinski definition) is 2. The quantitative estimate of drug-likeness (QED) is 0.699. The number of aromatic nitrogens is 3. The third kappa shape index (κ3) is 1.73. The third-order valence-electron chi connectivity index (χ3n) is 2.81. The fraction of sp³-hybridized carbons (Fsp3) is 0.0769. The predicted molar refractivity (Wildman–Crippen MR) is 66.0 cm³/mol. The zero-order chi connectivity index (χ0) is 11.7. The molecule has 0 spiro atoms. The molecular formula is C13H11N3O. The second kappa shape index (κ2) is 3.90. The molecule has 3 aromatic rings. The number of benzene rings is 1. The van der Waals surface area contributed by atoms with Crippen LogP contribution in [0.4, 0.5) is 0 Å². The molecule has 0 fully saturated rings. The maximum absolute atomic E-state index is 11.6. The van der Waals surface area contributed by atoms with Crippen molar-refractivity contribution in [1.82, 2.24) is 15.0 Å². The second-order valence-corrected chi connectivity index (χ2v) is 3.90. The third-order valence-corrected chi connectivity index (χ3v) is 2.81. The Kier molecular flexibility index (Phi) is 2.26. The molecule has 0 unspecified atom stereocenters. The van der Waals surface area contributed by atoms with E-state index in [-0.39, 0.29) is 5.56 Å². The van der Waals surface area contributed by atoms with Crippen LogP contribution in [-0.4, -0.2) is 15.0 Å². The van der Waals surface area contributed by atoms with Crippen molar-refractivity contribution in [2.24, 2.45) is 0 Å². The van der Waals surface area contributed by atoms with Crippen LogP contribution in [0.2, 0.25) is 0 Å². The van der Waals surface area contributed by atoms with Gasteiger partial charge >= 0.3 is 0 Å². The molecule has 0 atom stereocenters. The van der Waals surface area contributed by atoms with Gasteiger partial charge in [0.2, 0.25) is 0 Å². The van der Waals surface area contributed by atoms with Crippen LogP contribution in [0.15, 0.2) is 47.7 Å². The van der Waals surface area contributed by atoms with Gasteiger partial charge in [0.1, 0.15) is 5.69 Å². The summed E-state index contributed by atoms with van der Waals surface area (Å²) in [5.41, 5.74) is 2.58. The van der Waals surface area contributed by atoms with E-state index in [0.29, 0.717) is 12.1 Å². The van der Waals surface area contributed by atoms with E-state index < -0.39 is 0 Å². The number of aromatic amines is 2. The standard InChI is InChI=1S/C13H11N3O/c17-13-12(14-5-6-15-13)7-9-8-16-11-4-2-1-3-10(9)11/h1-6,8,16H,7H2,(H,15,17). The highest BCUT2D eigenvalue weighted by atomic mass is 16.1. The zero-order valence-electron chi connectivity index (χ0n) is 9.10. The Labute approximate surface area is 97.3 Å². The Bertz CT molecular complexity index is 712. The SMILES string of the molecule is O=c1[nH]ccnc1Cc1c[nH]c2ccccc12. The van der Waals surface area contributed by atoms with Crippen LogP contribution in [0.3, 0.4) is 0 Å². The van der Waals surface area contributed by atoms with Gasteiger partial charge in [0.05, 0.1) is 0 Å². The van der Waals surface area contributed by atoms with Crippen molar-refractivity contribution < 1.29 is 0 Å². The summed E-state index contributed by atoms with van der Waals surface area (Å²) < 4.78 is 0. The lowest BCUT2D eigenvalue weighted by molar-refractivity contribution is 0.994. The lowest BCUT2D eigenvalue weighted by Gasteiger charge is -1.97. The largest absolute Gasteiger partial charge is 0.361 e. The molecule has 1 aromatic carbocycles. The van der Waals surface area contributed by atoms with E-state index in [2.05, 4.69) is 15.0 Å². The molecule has 0 saturated heterocycles. The van der Waals surface area contributed by atoms with Gasteiger partial charge in [-0.05, 0) is 11.6 Å². The van der Waals surface area contributed by atoms with Crippen molar-refractivity contribution in [2.45, 2.75) is 6.42 Å². The maximum Gasteiger partial charge on any atom is 0.269 e. The molecule has 2 aromatic heterocycles. The highest BCUT2D eigenvalue weighted by molar-refractivity contribution is 5.83. The topological polar surface area (TPSA) is 61.5 Å². The summed E-state index contributed by atoms with van der Waals surface area (Å²) in [5, 5.41) is 1.14. The molecule has 0 bridgehead atoms.